The van der Waals surface area contributed by atoms with Crippen LogP contribution in [0.1, 0.15) is 40.2 Å². The summed E-state index contributed by atoms with van der Waals surface area (Å²) in [7, 11) is 0. The maximum atomic E-state index is 12.0. The Morgan fingerprint density at radius 2 is 2.24 bits per heavy atom. The van der Waals surface area contributed by atoms with Crippen LogP contribution >= 0.6 is 11.3 Å². The Kier molecular flexibility index (Phi) is 3.69. The van der Waals surface area contributed by atoms with Gasteiger partial charge >= 0.3 is 0 Å². The van der Waals surface area contributed by atoms with Gasteiger partial charge in [-0.05, 0) is 25.8 Å². The minimum Gasteiger partial charge on any atom is -0.398 e. The van der Waals surface area contributed by atoms with E-state index in [4.69, 9.17) is 5.73 Å². The highest BCUT2D eigenvalue weighted by atomic mass is 32.1. The first-order chi connectivity index (χ1) is 8.08. The van der Waals surface area contributed by atoms with Crippen LogP contribution in [0.3, 0.4) is 0 Å². The first kappa shape index (κ1) is 12.4. The van der Waals surface area contributed by atoms with Gasteiger partial charge in [0.15, 0.2) is 0 Å². The Morgan fingerprint density at radius 1 is 1.53 bits per heavy atom. The minimum absolute atomic E-state index is 0.111. The van der Waals surface area contributed by atoms with Gasteiger partial charge in [0.05, 0.1) is 17.0 Å². The molecule has 0 saturated heterocycles. The average Bonchev–Trinajstić information content (AvgIpc) is 2.63. The molecule has 0 aliphatic heterocycles. The van der Waals surface area contributed by atoms with Crippen LogP contribution in [0.15, 0.2) is 6.07 Å². The molecule has 94 valence electrons. The number of nitrogen functional groups attached to an aromatic ring is 1. The van der Waals surface area contributed by atoms with Crippen LogP contribution in [-0.2, 0) is 0 Å². The van der Waals surface area contributed by atoms with E-state index in [9.17, 15) is 9.90 Å². The number of aliphatic hydroxyl groups excluding tert-OH is 1. The summed E-state index contributed by atoms with van der Waals surface area (Å²) >= 11 is 1.39. The van der Waals surface area contributed by atoms with Crippen molar-refractivity contribution < 1.29 is 9.90 Å². The zero-order chi connectivity index (χ0) is 12.4. The number of nitrogens with one attached hydrogen (secondary N) is 1. The zero-order valence-electron chi connectivity index (χ0n) is 9.90. The second-order valence-electron chi connectivity index (χ2n) is 4.55. The molecule has 0 aromatic carbocycles. The molecular weight excluding hydrogens is 236 g/mol. The molecule has 1 amide bonds. The van der Waals surface area contributed by atoms with Crippen molar-refractivity contribution in [2.75, 3.05) is 5.73 Å². The number of anilines is 1. The van der Waals surface area contributed by atoms with Crippen molar-refractivity contribution in [1.82, 2.24) is 5.32 Å². The monoisotopic (exact) mass is 254 g/mol. The maximum absolute atomic E-state index is 12.0. The molecule has 2 atom stereocenters. The van der Waals surface area contributed by atoms with Crippen LogP contribution in [0, 0.1) is 6.92 Å². The van der Waals surface area contributed by atoms with Gasteiger partial charge in [-0.15, -0.1) is 11.3 Å². The van der Waals surface area contributed by atoms with Crippen LogP contribution in [0.5, 0.6) is 0 Å². The molecule has 1 aromatic heterocycles. The molecule has 1 saturated carbocycles. The molecule has 0 radical (unpaired) electrons. The topological polar surface area (TPSA) is 75.3 Å². The molecule has 1 fully saturated rings. The summed E-state index contributed by atoms with van der Waals surface area (Å²) in [6.07, 6.45) is 3.32. The Bertz CT molecular complexity index is 397. The first-order valence-electron chi connectivity index (χ1n) is 5.93. The fraction of sp³-hybridized carbons (Fsp3) is 0.583. The normalized spacial score (nSPS) is 24.6. The van der Waals surface area contributed by atoms with Gasteiger partial charge < -0.3 is 16.2 Å². The van der Waals surface area contributed by atoms with E-state index in [1.54, 1.807) is 6.07 Å². The molecule has 2 rings (SSSR count). The van der Waals surface area contributed by atoms with E-state index in [0.29, 0.717) is 10.6 Å². The quantitative estimate of drug-likeness (QED) is 0.751. The Balaban J connectivity index is 2.01. The molecular formula is C12H18N2O2S. The summed E-state index contributed by atoms with van der Waals surface area (Å²) in [4.78, 5) is 13.5. The van der Waals surface area contributed by atoms with E-state index in [1.165, 1.54) is 11.3 Å². The third-order valence-electron chi connectivity index (χ3n) is 3.23. The number of carbonyl (C=O) groups is 1. The predicted octanol–water partition coefficient (Wildman–Crippen LogP) is 1.67. The fourth-order valence-electron chi connectivity index (χ4n) is 2.13. The number of rotatable bonds is 2. The van der Waals surface area contributed by atoms with Gasteiger partial charge in [0, 0.05) is 10.6 Å². The summed E-state index contributed by atoms with van der Waals surface area (Å²) in [5.41, 5.74) is 6.38. The molecule has 0 spiro atoms. The predicted molar refractivity (Wildman–Crippen MR) is 69.2 cm³/mol. The van der Waals surface area contributed by atoms with Gasteiger partial charge in [0.25, 0.3) is 5.91 Å². The maximum Gasteiger partial charge on any atom is 0.261 e. The smallest absolute Gasteiger partial charge is 0.261 e. The summed E-state index contributed by atoms with van der Waals surface area (Å²) in [5.74, 6) is -0.124. The van der Waals surface area contributed by atoms with E-state index in [-0.39, 0.29) is 11.9 Å². The standard InChI is InChI=1S/C12H18N2O2S/c1-7-8(13)6-11(17-7)12(16)14-9-4-2-3-5-10(9)15/h6,9-10,15H,2-5,13H2,1H3,(H,14,16). The lowest BCUT2D eigenvalue weighted by molar-refractivity contribution is 0.0720. The first-order valence-corrected chi connectivity index (χ1v) is 6.74. The number of carbonyl (C=O) groups excluding carboxylic acids is 1. The van der Waals surface area contributed by atoms with E-state index in [0.717, 1.165) is 30.6 Å². The molecule has 2 unspecified atom stereocenters. The molecule has 17 heavy (non-hydrogen) atoms. The lowest BCUT2D eigenvalue weighted by Crippen LogP contribution is -2.44. The number of nitrogens with two attached hydrogens (primary N) is 1. The highest BCUT2D eigenvalue weighted by Gasteiger charge is 2.25. The molecule has 5 heteroatoms. The number of aryl methyl sites for hydroxylation is 1. The summed E-state index contributed by atoms with van der Waals surface area (Å²) in [6, 6.07) is 1.59. The number of thiophene rings is 1. The second kappa shape index (κ2) is 5.06. The molecule has 1 aromatic rings. The number of aliphatic hydroxyl groups is 1. The third kappa shape index (κ3) is 2.79. The largest absolute Gasteiger partial charge is 0.398 e. The lowest BCUT2D eigenvalue weighted by Gasteiger charge is -2.28. The van der Waals surface area contributed by atoms with E-state index in [1.807, 2.05) is 6.92 Å². The highest BCUT2D eigenvalue weighted by Crippen LogP contribution is 2.24. The van der Waals surface area contributed by atoms with Crippen molar-refractivity contribution in [3.8, 4) is 0 Å². The van der Waals surface area contributed by atoms with Gasteiger partial charge in [0.1, 0.15) is 0 Å². The SMILES string of the molecule is Cc1sc(C(=O)NC2CCCCC2O)cc1N. The fourth-order valence-corrected chi connectivity index (χ4v) is 2.97. The number of hydrogen-bond acceptors (Lipinski definition) is 4. The molecule has 1 aliphatic rings. The summed E-state index contributed by atoms with van der Waals surface area (Å²) < 4.78 is 0. The van der Waals surface area contributed by atoms with E-state index < -0.39 is 6.10 Å². The lowest BCUT2D eigenvalue weighted by atomic mass is 9.92. The minimum atomic E-state index is -0.411. The summed E-state index contributed by atoms with van der Waals surface area (Å²) in [6.45, 7) is 1.90. The average molecular weight is 254 g/mol. The Morgan fingerprint density at radius 3 is 2.82 bits per heavy atom. The second-order valence-corrected chi connectivity index (χ2v) is 5.81. The molecule has 1 heterocycles. The van der Waals surface area contributed by atoms with Crippen molar-refractivity contribution in [1.29, 1.82) is 0 Å². The van der Waals surface area contributed by atoms with Crippen LogP contribution in [-0.4, -0.2) is 23.2 Å². The van der Waals surface area contributed by atoms with Crippen molar-refractivity contribution in [3.63, 3.8) is 0 Å². The Labute approximate surface area is 105 Å². The van der Waals surface area contributed by atoms with E-state index in [2.05, 4.69) is 5.32 Å². The Hall–Kier alpha value is -1.07. The van der Waals surface area contributed by atoms with Crippen molar-refractivity contribution in [2.24, 2.45) is 0 Å². The zero-order valence-corrected chi connectivity index (χ0v) is 10.7. The van der Waals surface area contributed by atoms with Gasteiger partial charge in [0.2, 0.25) is 0 Å². The number of amides is 1. The van der Waals surface area contributed by atoms with Gasteiger partial charge in [-0.3, -0.25) is 4.79 Å². The third-order valence-corrected chi connectivity index (χ3v) is 4.29. The van der Waals surface area contributed by atoms with Crippen LogP contribution < -0.4 is 11.1 Å². The van der Waals surface area contributed by atoms with Crippen molar-refractivity contribution >= 4 is 22.9 Å². The number of hydrogen-bond donors (Lipinski definition) is 3. The van der Waals surface area contributed by atoms with Crippen molar-refractivity contribution in [2.45, 2.75) is 44.8 Å². The van der Waals surface area contributed by atoms with Crippen molar-refractivity contribution in [3.05, 3.63) is 15.8 Å². The highest BCUT2D eigenvalue weighted by molar-refractivity contribution is 7.14. The van der Waals surface area contributed by atoms with Crippen LogP contribution in [0.4, 0.5) is 5.69 Å². The molecule has 4 nitrogen and oxygen atoms in total. The van der Waals surface area contributed by atoms with Gasteiger partial charge in [-0.25, -0.2) is 0 Å². The van der Waals surface area contributed by atoms with Gasteiger partial charge in [-0.2, -0.15) is 0 Å². The van der Waals surface area contributed by atoms with E-state index >= 15 is 0 Å². The van der Waals surface area contributed by atoms with Crippen LogP contribution in [0.25, 0.3) is 0 Å². The molecule has 0 bridgehead atoms. The molecule has 1 aliphatic carbocycles. The molecule has 4 N–H and O–H groups in total. The van der Waals surface area contributed by atoms with Crippen LogP contribution in [0.2, 0.25) is 0 Å². The van der Waals surface area contributed by atoms with Gasteiger partial charge in [-0.1, -0.05) is 12.8 Å². The summed E-state index contributed by atoms with van der Waals surface area (Å²) in [5, 5.41) is 12.7.